The molecule has 3 rings (SSSR count). The maximum absolute atomic E-state index is 12.0. The fourth-order valence-corrected chi connectivity index (χ4v) is 2.15. The number of carbonyl (C=O) groups excluding carboxylic acids is 1. The molecular weight excluding hydrogens is 317 g/mol. The standard InChI is InChI=1S/C13H7Cl2N3O3/c14-8-4-7(5-9(15)6-8)11(19)16-13-18-17-12(21-13)10-2-1-3-20-10/h1-6H,(H,16,18,19). The lowest BCUT2D eigenvalue weighted by Gasteiger charge is -2.02. The van der Waals surface area contributed by atoms with Gasteiger partial charge in [0.05, 0.1) is 6.26 Å². The zero-order valence-electron chi connectivity index (χ0n) is 10.3. The van der Waals surface area contributed by atoms with Crippen LogP contribution in [0.15, 0.2) is 45.4 Å². The van der Waals surface area contributed by atoms with Crippen LogP contribution < -0.4 is 5.32 Å². The van der Waals surface area contributed by atoms with E-state index in [2.05, 4.69) is 15.5 Å². The first-order chi connectivity index (χ1) is 10.1. The molecule has 0 saturated heterocycles. The van der Waals surface area contributed by atoms with Gasteiger partial charge in [0.15, 0.2) is 5.76 Å². The van der Waals surface area contributed by atoms with Gasteiger partial charge in [0, 0.05) is 15.6 Å². The Morgan fingerprint density at radius 1 is 1.14 bits per heavy atom. The third-order valence-corrected chi connectivity index (χ3v) is 2.94. The Balaban J connectivity index is 1.79. The summed E-state index contributed by atoms with van der Waals surface area (Å²) in [4.78, 5) is 12.0. The Morgan fingerprint density at radius 3 is 2.57 bits per heavy atom. The number of hydrogen-bond donors (Lipinski definition) is 1. The van der Waals surface area contributed by atoms with Crippen molar-refractivity contribution in [2.24, 2.45) is 0 Å². The molecule has 1 N–H and O–H groups in total. The molecule has 0 bridgehead atoms. The number of anilines is 1. The molecule has 0 saturated carbocycles. The van der Waals surface area contributed by atoms with E-state index in [1.54, 1.807) is 12.1 Å². The minimum Gasteiger partial charge on any atom is -0.459 e. The van der Waals surface area contributed by atoms with Crippen molar-refractivity contribution in [3.63, 3.8) is 0 Å². The van der Waals surface area contributed by atoms with Crippen molar-refractivity contribution in [3.05, 3.63) is 52.2 Å². The maximum atomic E-state index is 12.0. The van der Waals surface area contributed by atoms with Gasteiger partial charge in [-0.15, -0.1) is 5.10 Å². The molecule has 21 heavy (non-hydrogen) atoms. The lowest BCUT2D eigenvalue weighted by Crippen LogP contribution is -2.12. The van der Waals surface area contributed by atoms with Crippen molar-refractivity contribution < 1.29 is 13.6 Å². The minimum atomic E-state index is -0.464. The Morgan fingerprint density at radius 2 is 1.90 bits per heavy atom. The summed E-state index contributed by atoms with van der Waals surface area (Å²) < 4.78 is 10.4. The Labute approximate surface area is 128 Å². The second kappa shape index (κ2) is 5.59. The predicted octanol–water partition coefficient (Wildman–Crippen LogP) is 3.89. The first kappa shape index (κ1) is 13.7. The molecule has 0 spiro atoms. The molecule has 2 aromatic heterocycles. The van der Waals surface area contributed by atoms with E-state index in [1.807, 2.05) is 0 Å². The van der Waals surface area contributed by atoms with E-state index in [4.69, 9.17) is 32.0 Å². The number of furan rings is 1. The average molecular weight is 324 g/mol. The van der Waals surface area contributed by atoms with Crippen LogP contribution in [0.5, 0.6) is 0 Å². The van der Waals surface area contributed by atoms with Gasteiger partial charge in [0.1, 0.15) is 0 Å². The van der Waals surface area contributed by atoms with Crippen LogP contribution in [0.25, 0.3) is 11.7 Å². The number of amides is 1. The predicted molar refractivity (Wildman–Crippen MR) is 76.4 cm³/mol. The molecular formula is C13H7Cl2N3O3. The first-order valence-electron chi connectivity index (χ1n) is 5.76. The van der Waals surface area contributed by atoms with Crippen LogP contribution in [-0.4, -0.2) is 16.1 Å². The molecule has 8 heteroatoms. The van der Waals surface area contributed by atoms with E-state index in [-0.39, 0.29) is 17.5 Å². The highest BCUT2D eigenvalue weighted by molar-refractivity contribution is 6.35. The summed E-state index contributed by atoms with van der Waals surface area (Å²) in [5.74, 6) is 0.113. The summed E-state index contributed by atoms with van der Waals surface area (Å²) >= 11 is 11.7. The van der Waals surface area contributed by atoms with Crippen molar-refractivity contribution in [1.82, 2.24) is 10.2 Å². The zero-order valence-corrected chi connectivity index (χ0v) is 11.9. The number of aromatic nitrogens is 2. The second-order valence-electron chi connectivity index (χ2n) is 4.00. The quantitative estimate of drug-likeness (QED) is 0.790. The van der Waals surface area contributed by atoms with Crippen LogP contribution in [0.4, 0.5) is 6.01 Å². The average Bonchev–Trinajstić information content (AvgIpc) is 3.07. The summed E-state index contributed by atoms with van der Waals surface area (Å²) in [7, 11) is 0. The van der Waals surface area contributed by atoms with Crippen molar-refractivity contribution >= 4 is 35.1 Å². The molecule has 106 valence electrons. The molecule has 3 aromatic rings. The van der Waals surface area contributed by atoms with Crippen LogP contribution in [0, 0.1) is 0 Å². The molecule has 0 radical (unpaired) electrons. The van der Waals surface area contributed by atoms with Gasteiger partial charge in [0.2, 0.25) is 0 Å². The molecule has 0 aliphatic heterocycles. The van der Waals surface area contributed by atoms with Crippen LogP contribution in [0.1, 0.15) is 10.4 Å². The van der Waals surface area contributed by atoms with E-state index in [9.17, 15) is 4.79 Å². The SMILES string of the molecule is O=C(Nc1nnc(-c2ccco2)o1)c1cc(Cl)cc(Cl)c1. The van der Waals surface area contributed by atoms with Gasteiger partial charge in [-0.2, -0.15) is 0 Å². The maximum Gasteiger partial charge on any atom is 0.322 e. The molecule has 0 aliphatic carbocycles. The Bertz CT molecular complexity index is 764. The monoisotopic (exact) mass is 323 g/mol. The second-order valence-corrected chi connectivity index (χ2v) is 4.87. The normalized spacial score (nSPS) is 10.6. The molecule has 0 atom stereocenters. The lowest BCUT2D eigenvalue weighted by atomic mass is 10.2. The van der Waals surface area contributed by atoms with E-state index < -0.39 is 5.91 Å². The topological polar surface area (TPSA) is 81.2 Å². The number of benzene rings is 1. The smallest absolute Gasteiger partial charge is 0.322 e. The van der Waals surface area contributed by atoms with E-state index in [1.165, 1.54) is 24.5 Å². The summed E-state index contributed by atoms with van der Waals surface area (Å²) in [5, 5.41) is 10.6. The summed E-state index contributed by atoms with van der Waals surface area (Å²) in [6.07, 6.45) is 1.48. The Hall–Kier alpha value is -2.31. The van der Waals surface area contributed by atoms with Crippen molar-refractivity contribution in [1.29, 1.82) is 0 Å². The molecule has 2 heterocycles. The van der Waals surface area contributed by atoms with Gasteiger partial charge in [-0.25, -0.2) is 0 Å². The zero-order chi connectivity index (χ0) is 14.8. The minimum absolute atomic E-state index is 0.0532. The highest BCUT2D eigenvalue weighted by atomic mass is 35.5. The van der Waals surface area contributed by atoms with Crippen LogP contribution in [0.2, 0.25) is 10.0 Å². The molecule has 1 aromatic carbocycles. The van der Waals surface area contributed by atoms with E-state index in [0.29, 0.717) is 15.8 Å². The van der Waals surface area contributed by atoms with Crippen molar-refractivity contribution in [3.8, 4) is 11.7 Å². The third kappa shape index (κ3) is 3.07. The third-order valence-electron chi connectivity index (χ3n) is 2.50. The molecule has 0 fully saturated rings. The van der Waals surface area contributed by atoms with E-state index in [0.717, 1.165) is 0 Å². The number of carbonyl (C=O) groups is 1. The number of nitrogens with zero attached hydrogens (tertiary/aromatic N) is 2. The number of rotatable bonds is 3. The molecule has 6 nitrogen and oxygen atoms in total. The molecule has 0 unspecified atom stereocenters. The van der Waals surface area contributed by atoms with E-state index >= 15 is 0 Å². The van der Waals surface area contributed by atoms with Gasteiger partial charge < -0.3 is 8.83 Å². The largest absolute Gasteiger partial charge is 0.459 e. The number of halogens is 2. The fourth-order valence-electron chi connectivity index (χ4n) is 1.63. The molecule has 1 amide bonds. The lowest BCUT2D eigenvalue weighted by molar-refractivity contribution is 0.102. The van der Waals surface area contributed by atoms with Gasteiger partial charge in [-0.05, 0) is 30.3 Å². The van der Waals surface area contributed by atoms with Crippen LogP contribution >= 0.6 is 23.2 Å². The highest BCUT2D eigenvalue weighted by Crippen LogP contribution is 2.22. The first-order valence-corrected chi connectivity index (χ1v) is 6.52. The van der Waals surface area contributed by atoms with Gasteiger partial charge in [-0.1, -0.05) is 28.3 Å². The van der Waals surface area contributed by atoms with Gasteiger partial charge in [-0.3, -0.25) is 10.1 Å². The number of nitrogens with one attached hydrogen (secondary N) is 1. The molecule has 0 aliphatic rings. The summed E-state index contributed by atoms with van der Waals surface area (Å²) in [6, 6.07) is 7.78. The van der Waals surface area contributed by atoms with Gasteiger partial charge >= 0.3 is 6.01 Å². The van der Waals surface area contributed by atoms with Gasteiger partial charge in [0.25, 0.3) is 11.8 Å². The highest BCUT2D eigenvalue weighted by Gasteiger charge is 2.14. The Kier molecular flexibility index (Phi) is 3.64. The summed E-state index contributed by atoms with van der Waals surface area (Å²) in [6.45, 7) is 0. The van der Waals surface area contributed by atoms with Crippen molar-refractivity contribution in [2.75, 3.05) is 5.32 Å². The fraction of sp³-hybridized carbons (Fsp3) is 0. The van der Waals surface area contributed by atoms with Crippen molar-refractivity contribution in [2.45, 2.75) is 0 Å². The summed E-state index contributed by atoms with van der Waals surface area (Å²) in [5.41, 5.74) is 0.283. The van der Waals surface area contributed by atoms with Crippen LogP contribution in [0.3, 0.4) is 0 Å². The van der Waals surface area contributed by atoms with Crippen LogP contribution in [-0.2, 0) is 0 Å². The number of hydrogen-bond acceptors (Lipinski definition) is 5.